The van der Waals surface area contributed by atoms with E-state index in [0.717, 1.165) is 27.1 Å². The van der Waals surface area contributed by atoms with Crippen molar-refractivity contribution in [2.45, 2.75) is 6.61 Å². The van der Waals surface area contributed by atoms with Gasteiger partial charge in [0.2, 0.25) is 0 Å². The molecule has 0 saturated carbocycles. The first-order chi connectivity index (χ1) is 12.8. The van der Waals surface area contributed by atoms with Crippen LogP contribution in [0, 0.1) is 11.3 Å². The lowest BCUT2D eigenvalue weighted by Crippen LogP contribution is -2.05. The standard InChI is InChI=1S/C22H14N2O2/c23-12-18-11-17-10-16(22(25)26-14-15-4-2-1-3-5-15)6-7-19(17)21-13-24-9-8-20(18)21/h1-11,13H,14H2. The number of carbonyl (C=O) groups is 1. The Morgan fingerprint density at radius 3 is 2.65 bits per heavy atom. The second-order valence-electron chi connectivity index (χ2n) is 5.95. The summed E-state index contributed by atoms with van der Waals surface area (Å²) >= 11 is 0. The molecule has 4 rings (SSSR count). The number of aromatic nitrogens is 1. The zero-order valence-corrected chi connectivity index (χ0v) is 13.8. The number of hydrogen-bond acceptors (Lipinski definition) is 4. The van der Waals surface area contributed by atoms with Gasteiger partial charge >= 0.3 is 5.97 Å². The molecule has 0 spiro atoms. The normalized spacial score (nSPS) is 10.6. The van der Waals surface area contributed by atoms with E-state index in [-0.39, 0.29) is 12.6 Å². The molecule has 4 nitrogen and oxygen atoms in total. The molecule has 0 aliphatic rings. The van der Waals surface area contributed by atoms with Crippen molar-refractivity contribution in [3.63, 3.8) is 0 Å². The van der Waals surface area contributed by atoms with E-state index in [4.69, 9.17) is 4.74 Å². The highest BCUT2D eigenvalue weighted by molar-refractivity contribution is 6.10. The molecule has 0 N–H and O–H groups in total. The fourth-order valence-electron chi connectivity index (χ4n) is 3.03. The van der Waals surface area contributed by atoms with Crippen LogP contribution < -0.4 is 0 Å². The third-order valence-electron chi connectivity index (χ3n) is 4.32. The van der Waals surface area contributed by atoms with Crippen molar-refractivity contribution in [1.82, 2.24) is 4.98 Å². The van der Waals surface area contributed by atoms with Crippen LogP contribution in [0.2, 0.25) is 0 Å². The number of hydrogen-bond donors (Lipinski definition) is 0. The predicted molar refractivity (Wildman–Crippen MR) is 99.5 cm³/mol. The van der Waals surface area contributed by atoms with Gasteiger partial charge in [-0.15, -0.1) is 0 Å². The summed E-state index contributed by atoms with van der Waals surface area (Å²) in [5.74, 6) is -0.388. The summed E-state index contributed by atoms with van der Waals surface area (Å²) in [7, 11) is 0. The third-order valence-corrected chi connectivity index (χ3v) is 4.32. The number of rotatable bonds is 3. The monoisotopic (exact) mass is 338 g/mol. The first-order valence-electron chi connectivity index (χ1n) is 8.18. The number of benzene rings is 3. The zero-order valence-electron chi connectivity index (χ0n) is 13.8. The van der Waals surface area contributed by atoms with Crippen LogP contribution in [0.1, 0.15) is 21.5 Å². The lowest BCUT2D eigenvalue weighted by molar-refractivity contribution is 0.0473. The van der Waals surface area contributed by atoms with Gasteiger partial charge in [0.1, 0.15) is 6.61 Å². The van der Waals surface area contributed by atoms with Gasteiger partial charge in [-0.2, -0.15) is 5.26 Å². The van der Waals surface area contributed by atoms with Crippen LogP contribution in [0.4, 0.5) is 0 Å². The van der Waals surface area contributed by atoms with E-state index in [1.165, 1.54) is 0 Å². The molecule has 0 aliphatic heterocycles. The summed E-state index contributed by atoms with van der Waals surface area (Å²) in [5.41, 5.74) is 1.95. The molecule has 26 heavy (non-hydrogen) atoms. The van der Waals surface area contributed by atoms with Crippen molar-refractivity contribution in [1.29, 1.82) is 5.26 Å². The van der Waals surface area contributed by atoms with E-state index >= 15 is 0 Å². The lowest BCUT2D eigenvalue weighted by atomic mass is 9.98. The fraction of sp³-hybridized carbons (Fsp3) is 0.0455. The Bertz CT molecular complexity index is 1160. The molecular formula is C22H14N2O2. The number of carbonyl (C=O) groups excluding carboxylic acids is 1. The highest BCUT2D eigenvalue weighted by Crippen LogP contribution is 2.28. The van der Waals surface area contributed by atoms with E-state index in [1.54, 1.807) is 30.6 Å². The van der Waals surface area contributed by atoms with Crippen molar-refractivity contribution < 1.29 is 9.53 Å². The van der Waals surface area contributed by atoms with E-state index in [1.807, 2.05) is 42.5 Å². The molecule has 1 aromatic heterocycles. The third kappa shape index (κ3) is 2.87. The number of nitrogens with zero attached hydrogens (tertiary/aromatic N) is 2. The van der Waals surface area contributed by atoms with E-state index < -0.39 is 0 Å². The molecule has 124 valence electrons. The molecule has 1 heterocycles. The number of pyridine rings is 1. The van der Waals surface area contributed by atoms with Crippen molar-refractivity contribution in [3.05, 3.63) is 89.7 Å². The van der Waals surface area contributed by atoms with Gasteiger partial charge in [0.05, 0.1) is 17.2 Å². The quantitative estimate of drug-likeness (QED) is 0.404. The highest BCUT2D eigenvalue weighted by atomic mass is 16.5. The smallest absolute Gasteiger partial charge is 0.338 e. The number of fused-ring (bicyclic) bond motifs is 3. The molecule has 4 heteroatoms. The van der Waals surface area contributed by atoms with Crippen LogP contribution in [-0.4, -0.2) is 11.0 Å². The van der Waals surface area contributed by atoms with Gasteiger partial charge < -0.3 is 4.74 Å². The largest absolute Gasteiger partial charge is 0.457 e. The Hall–Kier alpha value is -3.71. The van der Waals surface area contributed by atoms with Gasteiger partial charge in [0.25, 0.3) is 0 Å². The van der Waals surface area contributed by atoms with Gasteiger partial charge in [-0.25, -0.2) is 4.79 Å². The van der Waals surface area contributed by atoms with E-state index in [0.29, 0.717) is 11.1 Å². The average molecular weight is 338 g/mol. The minimum absolute atomic E-state index is 0.225. The Balaban J connectivity index is 1.70. The van der Waals surface area contributed by atoms with Crippen LogP contribution in [0.25, 0.3) is 21.5 Å². The molecule has 0 saturated heterocycles. The zero-order chi connectivity index (χ0) is 17.9. The Morgan fingerprint density at radius 2 is 1.85 bits per heavy atom. The van der Waals surface area contributed by atoms with Crippen LogP contribution in [-0.2, 0) is 11.3 Å². The molecule has 0 atom stereocenters. The molecule has 0 aliphatic carbocycles. The maximum atomic E-state index is 12.4. The topological polar surface area (TPSA) is 63.0 Å². The minimum atomic E-state index is -0.388. The van der Waals surface area contributed by atoms with Crippen molar-refractivity contribution in [3.8, 4) is 6.07 Å². The maximum absolute atomic E-state index is 12.4. The number of nitriles is 1. The van der Waals surface area contributed by atoms with Gasteiger partial charge in [-0.05, 0) is 40.6 Å². The van der Waals surface area contributed by atoms with Gasteiger partial charge in [0.15, 0.2) is 0 Å². The Morgan fingerprint density at radius 1 is 1.00 bits per heavy atom. The lowest BCUT2D eigenvalue weighted by Gasteiger charge is -2.08. The molecule has 0 amide bonds. The first-order valence-corrected chi connectivity index (χ1v) is 8.18. The second-order valence-corrected chi connectivity index (χ2v) is 5.95. The van der Waals surface area contributed by atoms with Crippen LogP contribution >= 0.6 is 0 Å². The van der Waals surface area contributed by atoms with Crippen molar-refractivity contribution >= 4 is 27.5 Å². The summed E-state index contributed by atoms with van der Waals surface area (Å²) in [6.45, 7) is 0.225. The highest BCUT2D eigenvalue weighted by Gasteiger charge is 2.11. The number of ether oxygens (including phenoxy) is 1. The average Bonchev–Trinajstić information content (AvgIpc) is 2.71. The van der Waals surface area contributed by atoms with Crippen molar-refractivity contribution in [2.24, 2.45) is 0 Å². The predicted octanol–water partition coefficient (Wildman–Crippen LogP) is 4.62. The molecular weight excluding hydrogens is 324 g/mol. The van der Waals surface area contributed by atoms with Gasteiger partial charge in [-0.1, -0.05) is 36.4 Å². The molecule has 0 bridgehead atoms. The Kier molecular flexibility index (Phi) is 4.04. The summed E-state index contributed by atoms with van der Waals surface area (Å²) in [4.78, 5) is 16.5. The molecule has 0 unspecified atom stereocenters. The van der Waals surface area contributed by atoms with Crippen LogP contribution in [0.3, 0.4) is 0 Å². The number of esters is 1. The summed E-state index contributed by atoms with van der Waals surface area (Å²) in [6, 6.07) is 20.8. The van der Waals surface area contributed by atoms with E-state index in [2.05, 4.69) is 11.1 Å². The van der Waals surface area contributed by atoms with Gasteiger partial charge in [-0.3, -0.25) is 4.98 Å². The van der Waals surface area contributed by atoms with Crippen molar-refractivity contribution in [2.75, 3.05) is 0 Å². The van der Waals surface area contributed by atoms with E-state index in [9.17, 15) is 10.1 Å². The first kappa shape index (κ1) is 15.8. The fourth-order valence-corrected chi connectivity index (χ4v) is 3.03. The minimum Gasteiger partial charge on any atom is -0.457 e. The molecule has 4 aromatic rings. The summed E-state index contributed by atoms with van der Waals surface area (Å²) in [6.07, 6.45) is 3.41. The summed E-state index contributed by atoms with van der Waals surface area (Å²) < 4.78 is 5.39. The molecule has 3 aromatic carbocycles. The molecule has 0 radical (unpaired) electrons. The maximum Gasteiger partial charge on any atom is 0.338 e. The van der Waals surface area contributed by atoms with Crippen LogP contribution in [0.15, 0.2) is 73.1 Å². The van der Waals surface area contributed by atoms with Crippen LogP contribution in [0.5, 0.6) is 0 Å². The SMILES string of the molecule is N#Cc1cc2cc(C(=O)OCc3ccccc3)ccc2c2cnccc12. The summed E-state index contributed by atoms with van der Waals surface area (Å²) in [5, 5.41) is 12.9. The molecule has 0 fully saturated rings. The second kappa shape index (κ2) is 6.66. The Labute approximate surface area is 150 Å². The van der Waals surface area contributed by atoms with Gasteiger partial charge in [0, 0.05) is 23.2 Å².